The van der Waals surface area contributed by atoms with E-state index in [1.807, 2.05) is 13.8 Å². The Morgan fingerprint density at radius 1 is 1.37 bits per heavy atom. The number of amides is 1. The number of hydrogen-bond donors (Lipinski definition) is 2. The number of carbonyl (C=O) groups is 1. The van der Waals surface area contributed by atoms with E-state index >= 15 is 0 Å². The standard InChI is InChI=1S/C16H24N2O/c1-16(2,11-17)18-15(19)10-12-7-8-13-5-3-4-6-14(13)9-12/h3-6,12H,7-11,17H2,1-2H3,(H,18,19). The van der Waals surface area contributed by atoms with E-state index in [-0.39, 0.29) is 11.4 Å². The third kappa shape index (κ3) is 3.80. The second-order valence-electron chi connectivity index (χ2n) is 6.22. The highest BCUT2D eigenvalue weighted by Crippen LogP contribution is 2.27. The summed E-state index contributed by atoms with van der Waals surface area (Å²) in [6.45, 7) is 4.38. The molecule has 1 aliphatic rings. The average molecular weight is 260 g/mol. The molecule has 1 atom stereocenters. The molecule has 1 aliphatic carbocycles. The Morgan fingerprint density at radius 2 is 2.05 bits per heavy atom. The predicted molar refractivity (Wildman–Crippen MR) is 77.9 cm³/mol. The number of hydrogen-bond acceptors (Lipinski definition) is 2. The van der Waals surface area contributed by atoms with Crippen LogP contribution in [0.5, 0.6) is 0 Å². The maximum atomic E-state index is 12.0. The Kier molecular flexibility index (Phi) is 4.25. The summed E-state index contributed by atoms with van der Waals surface area (Å²) >= 11 is 0. The van der Waals surface area contributed by atoms with Gasteiger partial charge in [0, 0.05) is 18.5 Å². The number of aryl methyl sites for hydroxylation is 1. The lowest BCUT2D eigenvalue weighted by Gasteiger charge is -2.28. The largest absolute Gasteiger partial charge is 0.350 e. The monoisotopic (exact) mass is 260 g/mol. The molecule has 0 spiro atoms. The highest BCUT2D eigenvalue weighted by molar-refractivity contribution is 5.77. The first-order valence-electron chi connectivity index (χ1n) is 7.08. The third-order valence-corrected chi connectivity index (χ3v) is 3.91. The summed E-state index contributed by atoms with van der Waals surface area (Å²) in [6.07, 6.45) is 3.83. The molecule has 0 bridgehead atoms. The summed E-state index contributed by atoms with van der Waals surface area (Å²) in [6, 6.07) is 8.56. The lowest BCUT2D eigenvalue weighted by atomic mass is 9.82. The first kappa shape index (κ1) is 14.1. The van der Waals surface area contributed by atoms with Gasteiger partial charge in [-0.1, -0.05) is 24.3 Å². The smallest absolute Gasteiger partial charge is 0.220 e. The molecule has 1 aromatic carbocycles. The zero-order valence-electron chi connectivity index (χ0n) is 11.9. The number of nitrogens with two attached hydrogens (primary N) is 1. The van der Waals surface area contributed by atoms with Crippen LogP contribution in [-0.2, 0) is 17.6 Å². The van der Waals surface area contributed by atoms with Crippen molar-refractivity contribution in [2.75, 3.05) is 6.54 Å². The summed E-state index contributed by atoms with van der Waals surface area (Å²) in [5.41, 5.74) is 8.19. The molecule has 3 heteroatoms. The highest BCUT2D eigenvalue weighted by Gasteiger charge is 2.23. The fourth-order valence-corrected chi connectivity index (χ4v) is 2.69. The van der Waals surface area contributed by atoms with Crippen molar-refractivity contribution in [1.29, 1.82) is 0 Å². The van der Waals surface area contributed by atoms with Gasteiger partial charge in [-0.05, 0) is 50.2 Å². The van der Waals surface area contributed by atoms with E-state index in [1.54, 1.807) is 0 Å². The van der Waals surface area contributed by atoms with Gasteiger partial charge in [0.15, 0.2) is 0 Å². The Morgan fingerprint density at radius 3 is 2.74 bits per heavy atom. The molecule has 0 fully saturated rings. The molecule has 0 aromatic heterocycles. The van der Waals surface area contributed by atoms with E-state index in [1.165, 1.54) is 11.1 Å². The molecule has 1 amide bonds. The van der Waals surface area contributed by atoms with Gasteiger partial charge in [0.05, 0.1) is 0 Å². The molecule has 19 heavy (non-hydrogen) atoms. The quantitative estimate of drug-likeness (QED) is 0.870. The van der Waals surface area contributed by atoms with Gasteiger partial charge >= 0.3 is 0 Å². The Labute approximate surface area is 115 Å². The van der Waals surface area contributed by atoms with Gasteiger partial charge in [0.2, 0.25) is 5.91 Å². The SMILES string of the molecule is CC(C)(CN)NC(=O)CC1CCc2ccccc2C1. The number of fused-ring (bicyclic) bond motifs is 1. The van der Waals surface area contributed by atoms with E-state index in [2.05, 4.69) is 29.6 Å². The molecule has 1 aromatic rings. The second kappa shape index (κ2) is 5.74. The van der Waals surface area contributed by atoms with E-state index < -0.39 is 0 Å². The Balaban J connectivity index is 1.90. The van der Waals surface area contributed by atoms with Crippen molar-refractivity contribution in [3.63, 3.8) is 0 Å². The van der Waals surface area contributed by atoms with Crippen LogP contribution in [0.1, 0.15) is 37.8 Å². The molecule has 0 aliphatic heterocycles. The molecular formula is C16H24N2O. The summed E-state index contributed by atoms with van der Waals surface area (Å²) in [5.74, 6) is 0.586. The van der Waals surface area contributed by atoms with Crippen LogP contribution in [0.25, 0.3) is 0 Å². The van der Waals surface area contributed by atoms with Crippen molar-refractivity contribution in [2.45, 2.75) is 45.1 Å². The van der Waals surface area contributed by atoms with Crippen molar-refractivity contribution < 1.29 is 4.79 Å². The minimum Gasteiger partial charge on any atom is -0.350 e. The van der Waals surface area contributed by atoms with E-state index in [9.17, 15) is 4.79 Å². The van der Waals surface area contributed by atoms with E-state index in [0.29, 0.717) is 18.9 Å². The molecule has 1 unspecified atom stereocenters. The van der Waals surface area contributed by atoms with Crippen LogP contribution in [-0.4, -0.2) is 18.0 Å². The van der Waals surface area contributed by atoms with Gasteiger partial charge in [-0.15, -0.1) is 0 Å². The molecule has 3 N–H and O–H groups in total. The first-order chi connectivity index (χ1) is 9.00. The highest BCUT2D eigenvalue weighted by atomic mass is 16.1. The molecule has 0 saturated carbocycles. The van der Waals surface area contributed by atoms with Crippen LogP contribution in [0, 0.1) is 5.92 Å². The number of nitrogens with one attached hydrogen (secondary N) is 1. The van der Waals surface area contributed by atoms with E-state index in [0.717, 1.165) is 19.3 Å². The maximum absolute atomic E-state index is 12.0. The zero-order chi connectivity index (χ0) is 13.9. The van der Waals surface area contributed by atoms with Crippen LogP contribution >= 0.6 is 0 Å². The van der Waals surface area contributed by atoms with Crippen molar-refractivity contribution in [1.82, 2.24) is 5.32 Å². The molecule has 0 heterocycles. The van der Waals surface area contributed by atoms with Gasteiger partial charge < -0.3 is 11.1 Å². The molecule has 0 saturated heterocycles. The number of rotatable bonds is 4. The second-order valence-corrected chi connectivity index (χ2v) is 6.22. The van der Waals surface area contributed by atoms with Crippen molar-refractivity contribution in [3.8, 4) is 0 Å². The summed E-state index contributed by atoms with van der Waals surface area (Å²) < 4.78 is 0. The summed E-state index contributed by atoms with van der Waals surface area (Å²) in [7, 11) is 0. The van der Waals surface area contributed by atoms with Crippen LogP contribution in [0.4, 0.5) is 0 Å². The molecular weight excluding hydrogens is 236 g/mol. The third-order valence-electron chi connectivity index (χ3n) is 3.91. The van der Waals surface area contributed by atoms with Gasteiger partial charge in [-0.25, -0.2) is 0 Å². The molecule has 104 valence electrons. The molecule has 3 nitrogen and oxygen atoms in total. The van der Waals surface area contributed by atoms with Crippen LogP contribution in [0.2, 0.25) is 0 Å². The van der Waals surface area contributed by atoms with Crippen molar-refractivity contribution in [3.05, 3.63) is 35.4 Å². The van der Waals surface area contributed by atoms with Crippen LogP contribution < -0.4 is 11.1 Å². The predicted octanol–water partition coefficient (Wildman–Crippen LogP) is 2.04. The van der Waals surface area contributed by atoms with E-state index in [4.69, 9.17) is 5.73 Å². The van der Waals surface area contributed by atoms with Crippen molar-refractivity contribution in [2.24, 2.45) is 11.7 Å². The van der Waals surface area contributed by atoms with Crippen LogP contribution in [0.3, 0.4) is 0 Å². The topological polar surface area (TPSA) is 55.1 Å². The maximum Gasteiger partial charge on any atom is 0.220 e. The van der Waals surface area contributed by atoms with Gasteiger partial charge in [0.25, 0.3) is 0 Å². The Hall–Kier alpha value is -1.35. The Bertz CT molecular complexity index is 454. The lowest BCUT2D eigenvalue weighted by molar-refractivity contribution is -0.123. The van der Waals surface area contributed by atoms with Gasteiger partial charge in [-0.3, -0.25) is 4.79 Å². The lowest BCUT2D eigenvalue weighted by Crippen LogP contribution is -2.49. The van der Waals surface area contributed by atoms with Gasteiger partial charge in [0.1, 0.15) is 0 Å². The average Bonchev–Trinajstić information content (AvgIpc) is 2.38. The molecule has 0 radical (unpaired) electrons. The minimum absolute atomic E-state index is 0.125. The number of carbonyl (C=O) groups excluding carboxylic acids is 1. The van der Waals surface area contributed by atoms with Crippen LogP contribution in [0.15, 0.2) is 24.3 Å². The normalized spacial score (nSPS) is 18.8. The van der Waals surface area contributed by atoms with Crippen molar-refractivity contribution >= 4 is 5.91 Å². The summed E-state index contributed by atoms with van der Waals surface area (Å²) in [4.78, 5) is 12.0. The first-order valence-corrected chi connectivity index (χ1v) is 7.08. The van der Waals surface area contributed by atoms with Gasteiger partial charge in [-0.2, -0.15) is 0 Å². The fraction of sp³-hybridized carbons (Fsp3) is 0.562. The zero-order valence-corrected chi connectivity index (χ0v) is 11.9. The summed E-state index contributed by atoms with van der Waals surface area (Å²) in [5, 5.41) is 3.01. The fourth-order valence-electron chi connectivity index (χ4n) is 2.69. The minimum atomic E-state index is -0.302. The molecule has 2 rings (SSSR count). The number of benzene rings is 1.